The Morgan fingerprint density at radius 3 is 2.50 bits per heavy atom. The molecule has 0 radical (unpaired) electrons. The third-order valence-electron chi connectivity index (χ3n) is 1.82. The van der Waals surface area contributed by atoms with Crippen molar-refractivity contribution in [2.24, 2.45) is 5.92 Å². The first-order chi connectivity index (χ1) is 5.57. The maximum atomic E-state index is 11.0. The second kappa shape index (κ2) is 2.92. The molecule has 0 aromatic rings. The average Bonchev–Trinajstić information content (AvgIpc) is 2.32. The smallest absolute Gasteiger partial charge is 0.318 e. The highest BCUT2D eigenvalue weighted by Gasteiger charge is 2.41. The highest BCUT2D eigenvalue weighted by atomic mass is 16.5. The van der Waals surface area contributed by atoms with Crippen LogP contribution in [0, 0.1) is 5.92 Å². The Bertz CT molecular complexity index is 248. The zero-order valence-electron chi connectivity index (χ0n) is 6.86. The van der Waals surface area contributed by atoms with E-state index in [1.54, 1.807) is 0 Å². The number of nitrogens with zero attached hydrogens (tertiary/aromatic N) is 1. The van der Waals surface area contributed by atoms with Crippen molar-refractivity contribution < 1.29 is 19.1 Å². The molecule has 1 amide bonds. The van der Waals surface area contributed by atoms with Crippen LogP contribution in [0.4, 0.5) is 0 Å². The van der Waals surface area contributed by atoms with E-state index >= 15 is 0 Å². The molecule has 0 spiro atoms. The number of methoxy groups -OCH3 is 1. The van der Waals surface area contributed by atoms with E-state index in [9.17, 15) is 14.4 Å². The largest absolute Gasteiger partial charge is 0.468 e. The molecule has 0 N–H and O–H groups in total. The fourth-order valence-corrected chi connectivity index (χ4v) is 1.10. The lowest BCUT2D eigenvalue weighted by molar-refractivity contribution is -0.149. The predicted octanol–water partition coefficient (Wildman–Crippen LogP) is -1.18. The minimum absolute atomic E-state index is 0.129. The molecule has 1 fully saturated rings. The van der Waals surface area contributed by atoms with Crippen molar-refractivity contribution in [3.8, 4) is 0 Å². The molecule has 1 heterocycles. The second-order valence-corrected chi connectivity index (χ2v) is 2.63. The molecule has 12 heavy (non-hydrogen) atoms. The molecule has 0 bridgehead atoms. The number of hydrogen-bond donors (Lipinski definition) is 0. The molecule has 1 unspecified atom stereocenters. The number of hydrogen-bond acceptors (Lipinski definition) is 4. The van der Waals surface area contributed by atoms with Crippen LogP contribution < -0.4 is 0 Å². The Labute approximate surface area is 69.3 Å². The van der Waals surface area contributed by atoms with Gasteiger partial charge in [0.2, 0.25) is 5.78 Å². The van der Waals surface area contributed by atoms with Crippen molar-refractivity contribution in [1.29, 1.82) is 0 Å². The molecule has 0 aromatic carbocycles. The summed E-state index contributed by atoms with van der Waals surface area (Å²) in [5.41, 5.74) is 0. The summed E-state index contributed by atoms with van der Waals surface area (Å²) in [5, 5.41) is 0. The van der Waals surface area contributed by atoms with Gasteiger partial charge < -0.3 is 9.64 Å². The minimum Gasteiger partial charge on any atom is -0.468 e. The highest BCUT2D eigenvalue weighted by molar-refractivity contribution is 6.42. The maximum Gasteiger partial charge on any atom is 0.318 e. The van der Waals surface area contributed by atoms with Gasteiger partial charge in [0, 0.05) is 13.6 Å². The SMILES string of the molecule is COC(=O)C1CN(C)C(=O)C1=O. The number of carbonyl (C=O) groups excluding carboxylic acids is 3. The summed E-state index contributed by atoms with van der Waals surface area (Å²) >= 11 is 0. The van der Waals surface area contributed by atoms with Crippen LogP contribution in [0.1, 0.15) is 0 Å². The molecule has 0 saturated carbocycles. The fourth-order valence-electron chi connectivity index (χ4n) is 1.10. The van der Waals surface area contributed by atoms with Crippen LogP contribution in [0.3, 0.4) is 0 Å². The molecular weight excluding hydrogens is 162 g/mol. The second-order valence-electron chi connectivity index (χ2n) is 2.63. The number of ketones is 1. The number of amides is 1. The summed E-state index contributed by atoms with van der Waals surface area (Å²) in [6, 6.07) is 0. The standard InChI is InChI=1S/C7H9NO4/c1-8-3-4(7(11)12-2)5(9)6(8)10/h4H,3H2,1-2H3. The van der Waals surface area contributed by atoms with Crippen LogP contribution >= 0.6 is 0 Å². The molecule has 0 aliphatic carbocycles. The fraction of sp³-hybridized carbons (Fsp3) is 0.571. The number of Topliss-reactive ketones (excluding diaryl/α,β-unsaturated/α-hetero) is 1. The third-order valence-corrected chi connectivity index (χ3v) is 1.82. The number of ether oxygens (including phenoxy) is 1. The van der Waals surface area contributed by atoms with Gasteiger partial charge in [-0.15, -0.1) is 0 Å². The summed E-state index contributed by atoms with van der Waals surface area (Å²) in [4.78, 5) is 34.0. The number of likely N-dealkylation sites (tertiary alicyclic amines) is 1. The zero-order chi connectivity index (χ0) is 9.30. The van der Waals surface area contributed by atoms with E-state index in [1.165, 1.54) is 19.1 Å². The topological polar surface area (TPSA) is 63.7 Å². The molecular formula is C7H9NO4. The van der Waals surface area contributed by atoms with E-state index < -0.39 is 23.6 Å². The van der Waals surface area contributed by atoms with E-state index in [0.717, 1.165) is 0 Å². The van der Waals surface area contributed by atoms with Crippen LogP contribution in [-0.2, 0) is 19.1 Å². The normalized spacial score (nSPS) is 23.2. The molecule has 1 rings (SSSR count). The van der Waals surface area contributed by atoms with Crippen molar-refractivity contribution in [2.45, 2.75) is 0 Å². The van der Waals surface area contributed by atoms with Crippen LogP contribution in [0.25, 0.3) is 0 Å². The Kier molecular flexibility index (Phi) is 2.12. The van der Waals surface area contributed by atoms with E-state index in [4.69, 9.17) is 0 Å². The number of likely N-dealkylation sites (N-methyl/N-ethyl adjacent to an activating group) is 1. The van der Waals surface area contributed by atoms with Crippen molar-refractivity contribution in [3.63, 3.8) is 0 Å². The van der Waals surface area contributed by atoms with Gasteiger partial charge in [0.05, 0.1) is 7.11 Å². The molecule has 1 saturated heterocycles. The first-order valence-corrected chi connectivity index (χ1v) is 3.45. The third kappa shape index (κ3) is 1.17. The van der Waals surface area contributed by atoms with E-state index in [2.05, 4.69) is 4.74 Å². The van der Waals surface area contributed by atoms with E-state index in [0.29, 0.717) is 0 Å². The Hall–Kier alpha value is -1.39. The first kappa shape index (κ1) is 8.70. The van der Waals surface area contributed by atoms with Gasteiger partial charge in [-0.25, -0.2) is 0 Å². The van der Waals surface area contributed by atoms with Gasteiger partial charge in [0.25, 0.3) is 5.91 Å². The molecule has 1 atom stereocenters. The van der Waals surface area contributed by atoms with Gasteiger partial charge in [0.15, 0.2) is 0 Å². The lowest BCUT2D eigenvalue weighted by Gasteiger charge is -2.05. The van der Waals surface area contributed by atoms with Gasteiger partial charge in [-0.3, -0.25) is 14.4 Å². The van der Waals surface area contributed by atoms with Crippen LogP contribution in [0.15, 0.2) is 0 Å². The van der Waals surface area contributed by atoms with E-state index in [1.807, 2.05) is 0 Å². The average molecular weight is 171 g/mol. The van der Waals surface area contributed by atoms with Gasteiger partial charge >= 0.3 is 5.97 Å². The quantitative estimate of drug-likeness (QED) is 0.283. The summed E-state index contributed by atoms with van der Waals surface area (Å²) in [6.45, 7) is 0.129. The summed E-state index contributed by atoms with van der Waals surface area (Å²) in [6.07, 6.45) is 0. The summed E-state index contributed by atoms with van der Waals surface area (Å²) in [7, 11) is 2.67. The predicted molar refractivity (Wildman–Crippen MR) is 38.1 cm³/mol. The molecule has 5 nitrogen and oxygen atoms in total. The molecule has 5 heteroatoms. The van der Waals surface area contributed by atoms with E-state index in [-0.39, 0.29) is 6.54 Å². The lowest BCUT2D eigenvalue weighted by atomic mass is 10.1. The Morgan fingerprint density at radius 2 is 2.17 bits per heavy atom. The number of rotatable bonds is 1. The Balaban J connectivity index is 2.78. The minimum atomic E-state index is -0.924. The number of carbonyl (C=O) groups is 3. The van der Waals surface area contributed by atoms with Crippen LogP contribution in [0.5, 0.6) is 0 Å². The van der Waals surface area contributed by atoms with Crippen molar-refractivity contribution in [1.82, 2.24) is 4.90 Å². The van der Waals surface area contributed by atoms with Crippen LogP contribution in [0.2, 0.25) is 0 Å². The molecule has 66 valence electrons. The first-order valence-electron chi connectivity index (χ1n) is 3.45. The van der Waals surface area contributed by atoms with Crippen molar-refractivity contribution >= 4 is 17.7 Å². The Morgan fingerprint density at radius 1 is 1.58 bits per heavy atom. The molecule has 1 aliphatic heterocycles. The van der Waals surface area contributed by atoms with Crippen LogP contribution in [-0.4, -0.2) is 43.3 Å². The highest BCUT2D eigenvalue weighted by Crippen LogP contribution is 2.13. The molecule has 0 aromatic heterocycles. The van der Waals surface area contributed by atoms with Gasteiger partial charge in [-0.2, -0.15) is 0 Å². The lowest BCUT2D eigenvalue weighted by Crippen LogP contribution is -2.24. The number of esters is 1. The summed E-state index contributed by atoms with van der Waals surface area (Å²) in [5.74, 6) is -2.86. The van der Waals surface area contributed by atoms with Gasteiger partial charge in [-0.1, -0.05) is 0 Å². The van der Waals surface area contributed by atoms with Gasteiger partial charge in [0.1, 0.15) is 5.92 Å². The maximum absolute atomic E-state index is 11.0. The molecule has 1 aliphatic rings. The van der Waals surface area contributed by atoms with Gasteiger partial charge in [-0.05, 0) is 0 Å². The van der Waals surface area contributed by atoms with Crippen molar-refractivity contribution in [2.75, 3.05) is 20.7 Å². The van der Waals surface area contributed by atoms with Crippen molar-refractivity contribution in [3.05, 3.63) is 0 Å². The zero-order valence-corrected chi connectivity index (χ0v) is 6.86. The monoisotopic (exact) mass is 171 g/mol. The summed E-state index contributed by atoms with van der Waals surface area (Å²) < 4.78 is 4.36.